The molecule has 1 aromatic carbocycles. The van der Waals surface area contributed by atoms with Crippen LogP contribution in [0.25, 0.3) is 0 Å². The molecule has 18 heavy (non-hydrogen) atoms. The largest absolute Gasteiger partial charge is 0.294 e. The summed E-state index contributed by atoms with van der Waals surface area (Å²) < 4.78 is 0. The standard InChI is InChI=1S/C16H17ClO/c1-3-4-5-6-11(2)15-10-12-9-13(17)7-8-14(12)16(15)18/h1,7-9,11,15H,4-6,10H2,2H3. The predicted molar refractivity (Wildman–Crippen MR) is 74.8 cm³/mol. The van der Waals surface area contributed by atoms with Gasteiger partial charge >= 0.3 is 0 Å². The van der Waals surface area contributed by atoms with Crippen LogP contribution in [0.1, 0.15) is 42.1 Å². The van der Waals surface area contributed by atoms with E-state index < -0.39 is 0 Å². The molecule has 2 heteroatoms. The fraction of sp³-hybridized carbons (Fsp3) is 0.438. The molecule has 0 aliphatic heterocycles. The van der Waals surface area contributed by atoms with Gasteiger partial charge in [0.2, 0.25) is 0 Å². The number of unbranched alkanes of at least 4 members (excludes halogenated alkanes) is 1. The summed E-state index contributed by atoms with van der Waals surface area (Å²) in [5, 5.41) is 0.710. The zero-order valence-electron chi connectivity index (χ0n) is 10.6. The van der Waals surface area contributed by atoms with E-state index >= 15 is 0 Å². The van der Waals surface area contributed by atoms with Crippen LogP contribution in [-0.4, -0.2) is 5.78 Å². The van der Waals surface area contributed by atoms with Crippen molar-refractivity contribution in [3.05, 3.63) is 34.3 Å². The smallest absolute Gasteiger partial charge is 0.166 e. The van der Waals surface area contributed by atoms with E-state index in [9.17, 15) is 4.79 Å². The van der Waals surface area contributed by atoms with E-state index in [0.717, 1.165) is 36.8 Å². The third-order valence-electron chi connectivity index (χ3n) is 3.78. The average molecular weight is 261 g/mol. The number of fused-ring (bicyclic) bond motifs is 1. The third-order valence-corrected chi connectivity index (χ3v) is 4.01. The molecule has 0 amide bonds. The van der Waals surface area contributed by atoms with E-state index in [4.69, 9.17) is 18.0 Å². The van der Waals surface area contributed by atoms with Gasteiger partial charge < -0.3 is 0 Å². The number of carbonyl (C=O) groups excluding carboxylic acids is 1. The van der Waals surface area contributed by atoms with Gasteiger partial charge in [0.15, 0.2) is 5.78 Å². The molecule has 94 valence electrons. The molecule has 0 bridgehead atoms. The lowest BCUT2D eigenvalue weighted by molar-refractivity contribution is 0.0895. The summed E-state index contributed by atoms with van der Waals surface area (Å²) in [6.45, 7) is 2.15. The first-order valence-electron chi connectivity index (χ1n) is 6.39. The molecule has 0 fully saturated rings. The van der Waals surface area contributed by atoms with Crippen molar-refractivity contribution in [1.29, 1.82) is 0 Å². The van der Waals surface area contributed by atoms with Crippen molar-refractivity contribution in [3.63, 3.8) is 0 Å². The summed E-state index contributed by atoms with van der Waals surface area (Å²) in [7, 11) is 0. The van der Waals surface area contributed by atoms with Crippen molar-refractivity contribution in [1.82, 2.24) is 0 Å². The molecular weight excluding hydrogens is 244 g/mol. The molecule has 0 saturated heterocycles. The minimum Gasteiger partial charge on any atom is -0.294 e. The Balaban J connectivity index is 2.07. The molecule has 2 unspecified atom stereocenters. The number of benzene rings is 1. The van der Waals surface area contributed by atoms with Crippen molar-refractivity contribution >= 4 is 17.4 Å². The first kappa shape index (κ1) is 13.2. The van der Waals surface area contributed by atoms with Crippen LogP contribution < -0.4 is 0 Å². The quantitative estimate of drug-likeness (QED) is 0.588. The second kappa shape index (κ2) is 5.59. The molecule has 0 spiro atoms. The van der Waals surface area contributed by atoms with Crippen molar-refractivity contribution < 1.29 is 4.79 Å². The Morgan fingerprint density at radius 3 is 3.06 bits per heavy atom. The Labute approximate surface area is 114 Å². The van der Waals surface area contributed by atoms with E-state index in [2.05, 4.69) is 12.8 Å². The zero-order valence-corrected chi connectivity index (χ0v) is 11.3. The second-order valence-corrected chi connectivity index (χ2v) is 5.49. The lowest BCUT2D eigenvalue weighted by Gasteiger charge is -2.16. The highest BCUT2D eigenvalue weighted by atomic mass is 35.5. The normalized spacial score (nSPS) is 19.4. The highest BCUT2D eigenvalue weighted by molar-refractivity contribution is 6.30. The van der Waals surface area contributed by atoms with Crippen molar-refractivity contribution in [2.75, 3.05) is 0 Å². The van der Waals surface area contributed by atoms with Crippen LogP contribution in [0.4, 0.5) is 0 Å². The average Bonchev–Trinajstić information content (AvgIpc) is 2.66. The third kappa shape index (κ3) is 2.60. The van der Waals surface area contributed by atoms with E-state index in [0.29, 0.717) is 10.9 Å². The molecule has 1 aliphatic carbocycles. The minimum absolute atomic E-state index is 0.108. The lowest BCUT2D eigenvalue weighted by Crippen LogP contribution is -2.18. The summed E-state index contributed by atoms with van der Waals surface area (Å²) in [4.78, 5) is 12.3. The van der Waals surface area contributed by atoms with Crippen LogP contribution >= 0.6 is 11.6 Å². The summed E-state index contributed by atoms with van der Waals surface area (Å²) >= 11 is 5.97. The molecule has 1 nitrogen and oxygen atoms in total. The van der Waals surface area contributed by atoms with Crippen LogP contribution in [0.5, 0.6) is 0 Å². The zero-order chi connectivity index (χ0) is 13.1. The predicted octanol–water partition coefficient (Wildman–Crippen LogP) is 4.13. The first-order valence-corrected chi connectivity index (χ1v) is 6.77. The maximum Gasteiger partial charge on any atom is 0.166 e. The summed E-state index contributed by atoms with van der Waals surface area (Å²) in [5.41, 5.74) is 1.95. The Hall–Kier alpha value is -1.26. The number of Topliss-reactive ketones (excluding diaryl/α,β-unsaturated/α-hetero) is 1. The fourth-order valence-electron chi connectivity index (χ4n) is 2.69. The van der Waals surface area contributed by atoms with Crippen molar-refractivity contribution in [2.24, 2.45) is 11.8 Å². The minimum atomic E-state index is 0.108. The van der Waals surface area contributed by atoms with Crippen LogP contribution in [0.3, 0.4) is 0 Å². The molecule has 0 aromatic heterocycles. The molecule has 0 heterocycles. The van der Waals surface area contributed by atoms with Gasteiger partial charge in [-0.1, -0.05) is 18.5 Å². The molecule has 0 saturated carbocycles. The van der Waals surface area contributed by atoms with Gasteiger partial charge in [0.1, 0.15) is 0 Å². The first-order chi connectivity index (χ1) is 8.63. The van der Waals surface area contributed by atoms with Gasteiger partial charge in [0, 0.05) is 22.9 Å². The highest BCUT2D eigenvalue weighted by Crippen LogP contribution is 2.34. The van der Waals surface area contributed by atoms with Gasteiger partial charge in [-0.2, -0.15) is 0 Å². The van der Waals surface area contributed by atoms with Crippen molar-refractivity contribution in [2.45, 2.75) is 32.6 Å². The van der Waals surface area contributed by atoms with Crippen LogP contribution in [-0.2, 0) is 6.42 Å². The molecule has 2 atom stereocenters. The molecule has 0 N–H and O–H groups in total. The van der Waals surface area contributed by atoms with Gasteiger partial charge in [0.05, 0.1) is 0 Å². The topological polar surface area (TPSA) is 17.1 Å². The highest BCUT2D eigenvalue weighted by Gasteiger charge is 2.33. The Kier molecular flexibility index (Phi) is 4.09. The SMILES string of the molecule is C#CCCCC(C)C1Cc2cc(Cl)ccc2C1=O. The second-order valence-electron chi connectivity index (χ2n) is 5.05. The van der Waals surface area contributed by atoms with Gasteiger partial charge in [-0.15, -0.1) is 12.3 Å². The monoisotopic (exact) mass is 260 g/mol. The summed E-state index contributed by atoms with van der Waals surface area (Å²) in [6, 6.07) is 5.57. The molecule has 0 radical (unpaired) electrons. The van der Waals surface area contributed by atoms with Crippen LogP contribution in [0.2, 0.25) is 5.02 Å². The number of terminal acetylenes is 1. The Bertz CT molecular complexity index is 498. The van der Waals surface area contributed by atoms with Crippen LogP contribution in [0.15, 0.2) is 18.2 Å². The molecule has 1 aromatic rings. The number of rotatable bonds is 4. The van der Waals surface area contributed by atoms with Crippen LogP contribution in [0, 0.1) is 24.2 Å². The maximum absolute atomic E-state index is 12.3. The van der Waals surface area contributed by atoms with Gasteiger partial charge in [-0.25, -0.2) is 0 Å². The lowest BCUT2D eigenvalue weighted by atomic mass is 9.86. The van der Waals surface area contributed by atoms with Gasteiger partial charge in [-0.05, 0) is 48.9 Å². The molecule has 2 rings (SSSR count). The van der Waals surface area contributed by atoms with E-state index in [1.807, 2.05) is 12.1 Å². The molecule has 1 aliphatic rings. The number of ketones is 1. The maximum atomic E-state index is 12.3. The summed E-state index contributed by atoms with van der Waals surface area (Å²) in [5.74, 6) is 3.41. The van der Waals surface area contributed by atoms with Crippen molar-refractivity contribution in [3.8, 4) is 12.3 Å². The summed E-state index contributed by atoms with van der Waals surface area (Å²) in [6.07, 6.45) is 8.89. The number of hydrogen-bond donors (Lipinski definition) is 0. The number of carbonyl (C=O) groups is 1. The molecular formula is C16H17ClO. The van der Waals surface area contributed by atoms with E-state index in [1.54, 1.807) is 6.07 Å². The number of halogens is 1. The van der Waals surface area contributed by atoms with E-state index in [1.165, 1.54) is 0 Å². The Morgan fingerprint density at radius 2 is 2.33 bits per heavy atom. The fourth-order valence-corrected chi connectivity index (χ4v) is 2.88. The van der Waals surface area contributed by atoms with E-state index in [-0.39, 0.29) is 11.7 Å². The van der Waals surface area contributed by atoms with Gasteiger partial charge in [-0.3, -0.25) is 4.79 Å². The number of hydrogen-bond acceptors (Lipinski definition) is 1. The van der Waals surface area contributed by atoms with Gasteiger partial charge in [0.25, 0.3) is 0 Å². The Morgan fingerprint density at radius 1 is 1.56 bits per heavy atom.